The fourth-order valence-corrected chi connectivity index (χ4v) is 3.70. The minimum Gasteiger partial charge on any atom is -0.370 e. The molecule has 8 heteroatoms. The summed E-state index contributed by atoms with van der Waals surface area (Å²) in [5.41, 5.74) is 3.76. The largest absolute Gasteiger partial charge is 0.370 e. The fourth-order valence-electron chi connectivity index (χ4n) is 2.88. The number of nitrogens with zero attached hydrogens (tertiary/aromatic N) is 5. The van der Waals surface area contributed by atoms with Gasteiger partial charge in [0.1, 0.15) is 0 Å². The van der Waals surface area contributed by atoms with Gasteiger partial charge in [-0.05, 0) is 35.9 Å². The number of thiazole rings is 1. The van der Waals surface area contributed by atoms with E-state index in [4.69, 9.17) is 0 Å². The van der Waals surface area contributed by atoms with E-state index >= 15 is 0 Å². The van der Waals surface area contributed by atoms with E-state index in [1.807, 2.05) is 49.5 Å². The number of non-ortho nitro benzene ring substituents is 1. The number of azo groups is 1. The van der Waals surface area contributed by atoms with Gasteiger partial charge in [0.15, 0.2) is 0 Å². The SMILES string of the molecule is CN(Cc1ccccc1)c1ccc(N=Nc2nc3ccc([N+](=O)[O-])cc3s2)cc1. The highest BCUT2D eigenvalue weighted by Gasteiger charge is 2.10. The molecule has 29 heavy (non-hydrogen) atoms. The van der Waals surface area contributed by atoms with Gasteiger partial charge in [-0.1, -0.05) is 41.7 Å². The molecule has 0 saturated carbocycles. The summed E-state index contributed by atoms with van der Waals surface area (Å²) >= 11 is 1.27. The van der Waals surface area contributed by atoms with E-state index in [2.05, 4.69) is 32.2 Å². The molecule has 0 radical (unpaired) electrons. The van der Waals surface area contributed by atoms with Crippen molar-refractivity contribution < 1.29 is 4.92 Å². The Morgan fingerprint density at radius 2 is 1.79 bits per heavy atom. The van der Waals surface area contributed by atoms with Crippen molar-refractivity contribution in [3.63, 3.8) is 0 Å². The first-order valence-corrected chi connectivity index (χ1v) is 9.72. The van der Waals surface area contributed by atoms with Crippen molar-refractivity contribution in [1.29, 1.82) is 0 Å². The molecule has 0 bridgehead atoms. The van der Waals surface area contributed by atoms with E-state index in [1.165, 1.54) is 29.0 Å². The second-order valence-corrected chi connectivity index (χ2v) is 7.47. The van der Waals surface area contributed by atoms with E-state index < -0.39 is 4.92 Å². The summed E-state index contributed by atoms with van der Waals surface area (Å²) in [5, 5.41) is 19.8. The van der Waals surface area contributed by atoms with Gasteiger partial charge in [0.2, 0.25) is 5.13 Å². The topological polar surface area (TPSA) is 84.0 Å². The van der Waals surface area contributed by atoms with Gasteiger partial charge in [-0.3, -0.25) is 10.1 Å². The Hall–Kier alpha value is -3.65. The molecular weight excluding hydrogens is 386 g/mol. The quantitative estimate of drug-likeness (QED) is 0.216. The van der Waals surface area contributed by atoms with Gasteiger partial charge in [-0.25, -0.2) is 4.98 Å². The summed E-state index contributed by atoms with van der Waals surface area (Å²) in [6.07, 6.45) is 0. The summed E-state index contributed by atoms with van der Waals surface area (Å²) in [5.74, 6) is 0. The van der Waals surface area contributed by atoms with Gasteiger partial charge < -0.3 is 4.90 Å². The minimum absolute atomic E-state index is 0.0415. The molecule has 0 N–H and O–H groups in total. The molecule has 1 heterocycles. The Kier molecular flexibility index (Phi) is 5.26. The Morgan fingerprint density at radius 1 is 1.03 bits per heavy atom. The van der Waals surface area contributed by atoms with Crippen LogP contribution in [0.3, 0.4) is 0 Å². The van der Waals surface area contributed by atoms with Crippen molar-refractivity contribution in [1.82, 2.24) is 4.98 Å². The molecule has 0 atom stereocenters. The molecule has 0 aliphatic carbocycles. The third kappa shape index (κ3) is 4.44. The molecular formula is C21H17N5O2S. The smallest absolute Gasteiger partial charge is 0.270 e. The van der Waals surface area contributed by atoms with Crippen LogP contribution < -0.4 is 4.90 Å². The Bertz CT molecular complexity index is 1170. The maximum Gasteiger partial charge on any atom is 0.270 e. The third-order valence-corrected chi connectivity index (χ3v) is 5.28. The van der Waals surface area contributed by atoms with E-state index in [9.17, 15) is 10.1 Å². The zero-order valence-corrected chi connectivity index (χ0v) is 16.4. The first-order valence-electron chi connectivity index (χ1n) is 8.90. The van der Waals surface area contributed by atoms with Gasteiger partial charge in [0, 0.05) is 31.4 Å². The Morgan fingerprint density at radius 3 is 2.52 bits per heavy atom. The zero-order valence-electron chi connectivity index (χ0n) is 15.6. The molecule has 0 aliphatic heterocycles. The maximum atomic E-state index is 10.9. The van der Waals surface area contributed by atoms with Crippen molar-refractivity contribution in [2.24, 2.45) is 10.2 Å². The van der Waals surface area contributed by atoms with Crippen molar-refractivity contribution in [2.45, 2.75) is 6.54 Å². The highest BCUT2D eigenvalue weighted by atomic mass is 32.1. The average molecular weight is 403 g/mol. The molecule has 0 amide bonds. The number of nitro groups is 1. The van der Waals surface area contributed by atoms with Crippen LogP contribution in [-0.4, -0.2) is 17.0 Å². The lowest BCUT2D eigenvalue weighted by atomic mass is 10.2. The van der Waals surface area contributed by atoms with Crippen LogP contribution in [0.2, 0.25) is 0 Å². The third-order valence-electron chi connectivity index (χ3n) is 4.38. The Labute approximate surface area is 171 Å². The molecule has 4 aromatic rings. The van der Waals surface area contributed by atoms with E-state index in [0.29, 0.717) is 21.0 Å². The molecule has 144 valence electrons. The van der Waals surface area contributed by atoms with E-state index in [0.717, 1.165) is 12.2 Å². The molecule has 0 unspecified atom stereocenters. The van der Waals surface area contributed by atoms with E-state index in [1.54, 1.807) is 6.07 Å². The highest BCUT2D eigenvalue weighted by molar-refractivity contribution is 7.21. The van der Waals surface area contributed by atoms with Gasteiger partial charge in [0.05, 0.1) is 20.8 Å². The number of anilines is 1. The number of hydrogen-bond donors (Lipinski definition) is 0. The molecule has 3 aromatic carbocycles. The van der Waals surface area contributed by atoms with Gasteiger partial charge in [-0.15, -0.1) is 10.2 Å². The minimum atomic E-state index is -0.420. The van der Waals surface area contributed by atoms with Crippen LogP contribution >= 0.6 is 11.3 Å². The molecule has 0 fully saturated rings. The van der Waals surface area contributed by atoms with Crippen molar-refractivity contribution in [2.75, 3.05) is 11.9 Å². The molecule has 0 saturated heterocycles. The second-order valence-electron chi connectivity index (χ2n) is 6.46. The maximum absolute atomic E-state index is 10.9. The van der Waals surface area contributed by atoms with Crippen molar-refractivity contribution >= 4 is 43.7 Å². The molecule has 0 aliphatic rings. The van der Waals surface area contributed by atoms with Gasteiger partial charge in [-0.2, -0.15) is 0 Å². The molecule has 4 rings (SSSR count). The predicted molar refractivity (Wildman–Crippen MR) is 115 cm³/mol. The summed E-state index contributed by atoms with van der Waals surface area (Å²) < 4.78 is 0.714. The standard InChI is InChI=1S/C21H17N5O2S/c1-25(14-15-5-3-2-4-6-15)17-9-7-16(8-10-17)23-24-21-22-19-12-11-18(26(27)28)13-20(19)29-21/h2-13H,14H2,1H3. The predicted octanol–water partition coefficient (Wildman–Crippen LogP) is 6.26. The second kappa shape index (κ2) is 8.15. The summed E-state index contributed by atoms with van der Waals surface area (Å²) in [4.78, 5) is 17.0. The Balaban J connectivity index is 1.46. The highest BCUT2D eigenvalue weighted by Crippen LogP contribution is 2.32. The van der Waals surface area contributed by atoms with Crippen LogP contribution in [0.1, 0.15) is 5.56 Å². The lowest BCUT2D eigenvalue weighted by molar-refractivity contribution is -0.384. The summed E-state index contributed by atoms with van der Waals surface area (Å²) in [6.45, 7) is 0.819. The van der Waals surface area contributed by atoms with Crippen LogP contribution in [0.25, 0.3) is 10.2 Å². The summed E-state index contributed by atoms with van der Waals surface area (Å²) in [6, 6.07) is 22.7. The van der Waals surface area contributed by atoms with Crippen LogP contribution in [0.4, 0.5) is 22.2 Å². The van der Waals surface area contributed by atoms with Crippen LogP contribution in [-0.2, 0) is 6.54 Å². The molecule has 0 spiro atoms. The number of benzene rings is 3. The number of fused-ring (bicyclic) bond motifs is 1. The van der Waals surface area contributed by atoms with Crippen molar-refractivity contribution in [3.8, 4) is 0 Å². The van der Waals surface area contributed by atoms with Crippen LogP contribution in [0.15, 0.2) is 83.0 Å². The van der Waals surface area contributed by atoms with Crippen LogP contribution in [0, 0.1) is 10.1 Å². The first kappa shape index (κ1) is 18.7. The van der Waals surface area contributed by atoms with Crippen LogP contribution in [0.5, 0.6) is 0 Å². The monoisotopic (exact) mass is 403 g/mol. The van der Waals surface area contributed by atoms with Gasteiger partial charge >= 0.3 is 0 Å². The molecule has 7 nitrogen and oxygen atoms in total. The molecule has 1 aromatic heterocycles. The normalized spacial score (nSPS) is 11.2. The number of rotatable bonds is 6. The number of nitro benzene ring substituents is 1. The lowest BCUT2D eigenvalue weighted by Gasteiger charge is -2.19. The fraction of sp³-hybridized carbons (Fsp3) is 0.0952. The zero-order chi connectivity index (χ0) is 20.2. The summed E-state index contributed by atoms with van der Waals surface area (Å²) in [7, 11) is 2.05. The first-order chi connectivity index (χ1) is 14.1. The van der Waals surface area contributed by atoms with Crippen molar-refractivity contribution in [3.05, 3.63) is 88.5 Å². The van der Waals surface area contributed by atoms with Gasteiger partial charge in [0.25, 0.3) is 5.69 Å². The van der Waals surface area contributed by atoms with E-state index in [-0.39, 0.29) is 5.69 Å². The number of aromatic nitrogens is 1. The lowest BCUT2D eigenvalue weighted by Crippen LogP contribution is -2.15. The average Bonchev–Trinajstić information content (AvgIpc) is 3.15. The number of hydrogen-bond acceptors (Lipinski definition) is 7.